The maximum atomic E-state index is 9.28. The molecule has 1 aliphatic rings. The smallest absolute Gasteiger partial charge is 0.133 e. The van der Waals surface area contributed by atoms with Gasteiger partial charge in [0.1, 0.15) is 5.82 Å². The van der Waals surface area contributed by atoms with Crippen molar-refractivity contribution in [2.24, 2.45) is 0 Å². The highest BCUT2D eigenvalue weighted by atomic mass is 16.5. The van der Waals surface area contributed by atoms with Gasteiger partial charge in [0.15, 0.2) is 0 Å². The van der Waals surface area contributed by atoms with Crippen molar-refractivity contribution in [3.8, 4) is 0 Å². The first-order valence-electron chi connectivity index (χ1n) is 6.36. The molecule has 0 bridgehead atoms. The Morgan fingerprint density at radius 2 is 2.24 bits per heavy atom. The van der Waals surface area contributed by atoms with Crippen molar-refractivity contribution in [2.45, 2.75) is 38.0 Å². The van der Waals surface area contributed by atoms with E-state index >= 15 is 0 Å². The number of aromatic nitrogens is 2. The lowest BCUT2D eigenvalue weighted by Gasteiger charge is -2.22. The molecule has 2 rings (SSSR count). The van der Waals surface area contributed by atoms with Gasteiger partial charge in [0, 0.05) is 36.9 Å². The third-order valence-electron chi connectivity index (χ3n) is 3.41. The molecule has 94 valence electrons. The normalized spacial score (nSPS) is 19.2. The largest absolute Gasteiger partial charge is 0.396 e. The predicted octanol–water partition coefficient (Wildman–Crippen LogP) is 1.86. The van der Waals surface area contributed by atoms with Gasteiger partial charge in [-0.3, -0.25) is 0 Å². The molecule has 0 aliphatic carbocycles. The summed E-state index contributed by atoms with van der Waals surface area (Å²) in [5.74, 6) is 1.33. The summed E-state index contributed by atoms with van der Waals surface area (Å²) in [6.45, 7) is 3.81. The van der Waals surface area contributed by atoms with Crippen LogP contribution < -0.4 is 0 Å². The van der Waals surface area contributed by atoms with E-state index < -0.39 is 0 Å². The van der Waals surface area contributed by atoms with Crippen molar-refractivity contribution in [2.75, 3.05) is 19.8 Å². The number of aliphatic hydroxyl groups excluding tert-OH is 1. The van der Waals surface area contributed by atoms with Crippen molar-refractivity contribution in [3.05, 3.63) is 23.8 Å². The molecule has 1 fully saturated rings. The van der Waals surface area contributed by atoms with Crippen LogP contribution in [0.3, 0.4) is 0 Å². The van der Waals surface area contributed by atoms with Gasteiger partial charge >= 0.3 is 0 Å². The zero-order valence-electron chi connectivity index (χ0n) is 10.3. The summed E-state index contributed by atoms with van der Waals surface area (Å²) in [7, 11) is 0. The Balaban J connectivity index is 2.15. The Morgan fingerprint density at radius 3 is 2.88 bits per heavy atom. The highest BCUT2D eigenvalue weighted by molar-refractivity contribution is 5.11. The Labute approximate surface area is 102 Å². The topological polar surface area (TPSA) is 55.2 Å². The first kappa shape index (κ1) is 12.5. The van der Waals surface area contributed by atoms with Gasteiger partial charge < -0.3 is 9.84 Å². The van der Waals surface area contributed by atoms with Gasteiger partial charge in [0.05, 0.1) is 6.61 Å². The lowest BCUT2D eigenvalue weighted by Crippen LogP contribution is -2.17. The van der Waals surface area contributed by atoms with Crippen molar-refractivity contribution in [1.82, 2.24) is 9.97 Å². The zero-order valence-corrected chi connectivity index (χ0v) is 10.3. The second kappa shape index (κ2) is 6.07. The number of hydrogen-bond acceptors (Lipinski definition) is 4. The van der Waals surface area contributed by atoms with E-state index in [1.807, 2.05) is 19.2 Å². The molecule has 0 spiro atoms. The summed E-state index contributed by atoms with van der Waals surface area (Å²) in [6.07, 6.45) is 4.75. The van der Waals surface area contributed by atoms with E-state index in [0.717, 1.165) is 44.0 Å². The molecule has 1 atom stereocenters. The van der Waals surface area contributed by atoms with Gasteiger partial charge in [-0.15, -0.1) is 0 Å². The van der Waals surface area contributed by atoms with E-state index in [2.05, 4.69) is 9.97 Å². The number of aliphatic hydroxyl groups is 1. The minimum Gasteiger partial charge on any atom is -0.396 e. The average molecular weight is 236 g/mol. The van der Waals surface area contributed by atoms with Crippen LogP contribution in [0.5, 0.6) is 0 Å². The molecular formula is C13H20N2O2. The first-order valence-corrected chi connectivity index (χ1v) is 6.36. The highest BCUT2D eigenvalue weighted by Gasteiger charge is 2.19. The molecule has 4 heteroatoms. The summed E-state index contributed by atoms with van der Waals surface area (Å²) in [5.41, 5.74) is 1.10. The van der Waals surface area contributed by atoms with Crippen molar-refractivity contribution < 1.29 is 9.84 Å². The summed E-state index contributed by atoms with van der Waals surface area (Å²) in [6, 6.07) is 1.99. The molecule has 0 amide bonds. The van der Waals surface area contributed by atoms with Crippen molar-refractivity contribution >= 4 is 0 Å². The fourth-order valence-electron chi connectivity index (χ4n) is 2.20. The Bertz CT molecular complexity index is 347. The highest BCUT2D eigenvalue weighted by Crippen LogP contribution is 2.26. The second-order valence-electron chi connectivity index (χ2n) is 4.51. The zero-order chi connectivity index (χ0) is 12.1. The van der Waals surface area contributed by atoms with Gasteiger partial charge in [0.25, 0.3) is 0 Å². The van der Waals surface area contributed by atoms with Crippen LogP contribution in [0.25, 0.3) is 0 Å². The van der Waals surface area contributed by atoms with E-state index in [0.29, 0.717) is 5.92 Å². The maximum absolute atomic E-state index is 9.28. The molecule has 1 saturated heterocycles. The molecule has 1 aliphatic heterocycles. The number of nitrogens with zero attached hydrogens (tertiary/aromatic N) is 2. The molecule has 0 saturated carbocycles. The third kappa shape index (κ3) is 3.01. The standard InChI is InChI=1S/C13H20N2O2/c1-2-10(9-16)13-14-6-3-12(15-13)11-4-7-17-8-5-11/h3,6,10-11,16H,2,4-5,7-9H2,1H3. The van der Waals surface area contributed by atoms with Crippen molar-refractivity contribution in [3.63, 3.8) is 0 Å². The second-order valence-corrected chi connectivity index (χ2v) is 4.51. The SMILES string of the molecule is CCC(CO)c1nccc(C2CCOCC2)n1. The molecule has 17 heavy (non-hydrogen) atoms. The number of rotatable bonds is 4. The van der Waals surface area contributed by atoms with Crippen LogP contribution in [0.2, 0.25) is 0 Å². The van der Waals surface area contributed by atoms with Crippen molar-refractivity contribution in [1.29, 1.82) is 0 Å². The molecule has 0 radical (unpaired) electrons. The Morgan fingerprint density at radius 1 is 1.47 bits per heavy atom. The van der Waals surface area contributed by atoms with E-state index in [1.165, 1.54) is 0 Å². The molecular weight excluding hydrogens is 216 g/mol. The third-order valence-corrected chi connectivity index (χ3v) is 3.41. The van der Waals surface area contributed by atoms with Crippen LogP contribution in [0.4, 0.5) is 0 Å². The van der Waals surface area contributed by atoms with Gasteiger partial charge in [-0.2, -0.15) is 0 Å². The lowest BCUT2D eigenvalue weighted by molar-refractivity contribution is 0.0844. The molecule has 4 nitrogen and oxygen atoms in total. The van der Waals surface area contributed by atoms with Crippen LogP contribution in [-0.4, -0.2) is 34.9 Å². The predicted molar refractivity (Wildman–Crippen MR) is 64.9 cm³/mol. The summed E-state index contributed by atoms with van der Waals surface area (Å²) in [5, 5.41) is 9.28. The molecule has 1 aromatic rings. The fraction of sp³-hybridized carbons (Fsp3) is 0.692. The molecule has 2 heterocycles. The lowest BCUT2D eigenvalue weighted by atomic mass is 9.96. The van der Waals surface area contributed by atoms with Crippen LogP contribution in [-0.2, 0) is 4.74 Å². The monoisotopic (exact) mass is 236 g/mol. The molecule has 1 unspecified atom stereocenters. The van der Waals surface area contributed by atoms with Crippen LogP contribution in [0.15, 0.2) is 12.3 Å². The Hall–Kier alpha value is -1.00. The van der Waals surface area contributed by atoms with E-state index in [9.17, 15) is 5.11 Å². The first-order chi connectivity index (χ1) is 8.35. The van der Waals surface area contributed by atoms with Crippen LogP contribution in [0.1, 0.15) is 49.5 Å². The molecule has 1 N–H and O–H groups in total. The summed E-state index contributed by atoms with van der Waals surface area (Å²) in [4.78, 5) is 8.89. The summed E-state index contributed by atoms with van der Waals surface area (Å²) < 4.78 is 5.36. The number of ether oxygens (including phenoxy) is 1. The quantitative estimate of drug-likeness (QED) is 0.867. The average Bonchev–Trinajstić information content (AvgIpc) is 2.42. The molecule has 0 aromatic carbocycles. The van der Waals surface area contributed by atoms with Gasteiger partial charge in [0.2, 0.25) is 0 Å². The minimum atomic E-state index is 0.0646. The summed E-state index contributed by atoms with van der Waals surface area (Å²) >= 11 is 0. The molecule has 1 aromatic heterocycles. The van der Waals surface area contributed by atoms with E-state index in [1.54, 1.807) is 0 Å². The Kier molecular flexibility index (Phi) is 4.45. The van der Waals surface area contributed by atoms with E-state index in [4.69, 9.17) is 4.74 Å². The van der Waals surface area contributed by atoms with Gasteiger partial charge in [-0.25, -0.2) is 9.97 Å². The van der Waals surface area contributed by atoms with Crippen LogP contribution in [0, 0.1) is 0 Å². The maximum Gasteiger partial charge on any atom is 0.133 e. The fourth-order valence-corrected chi connectivity index (χ4v) is 2.20. The number of hydrogen-bond donors (Lipinski definition) is 1. The van der Waals surface area contributed by atoms with Gasteiger partial charge in [-0.05, 0) is 25.3 Å². The van der Waals surface area contributed by atoms with Crippen LogP contribution >= 0.6 is 0 Å². The van der Waals surface area contributed by atoms with Gasteiger partial charge in [-0.1, -0.05) is 6.92 Å². The van der Waals surface area contributed by atoms with E-state index in [-0.39, 0.29) is 12.5 Å². The minimum absolute atomic E-state index is 0.0646.